The molecule has 3 nitrogen and oxygen atoms in total. The maximum Gasteiger partial charge on any atom is 0.279 e. The summed E-state index contributed by atoms with van der Waals surface area (Å²) in [6.45, 7) is 0. The first-order chi connectivity index (χ1) is 11.6. The van der Waals surface area contributed by atoms with Crippen LogP contribution in [0.3, 0.4) is 0 Å². The molecule has 120 valence electrons. The maximum atomic E-state index is 12.4. The Labute approximate surface area is 148 Å². The van der Waals surface area contributed by atoms with Crippen LogP contribution in [0.1, 0.15) is 20.8 Å². The van der Waals surface area contributed by atoms with Gasteiger partial charge in [-0.2, -0.15) is 4.99 Å². The third-order valence-electron chi connectivity index (χ3n) is 4.28. The Morgan fingerprint density at radius 1 is 1.12 bits per heavy atom. The molecule has 0 radical (unpaired) electrons. The summed E-state index contributed by atoms with van der Waals surface area (Å²) in [4.78, 5) is 18.8. The highest BCUT2D eigenvalue weighted by atomic mass is 35.5. The molecule has 1 aromatic heterocycles. The monoisotopic (exact) mass is 354 g/mol. The molecule has 2 aromatic carbocycles. The molecule has 24 heavy (non-hydrogen) atoms. The highest BCUT2D eigenvalue weighted by molar-refractivity contribution is 7.09. The summed E-state index contributed by atoms with van der Waals surface area (Å²) in [5, 5.41) is 0.611. The zero-order valence-corrected chi connectivity index (χ0v) is 14.7. The Morgan fingerprint density at radius 3 is 2.67 bits per heavy atom. The summed E-state index contributed by atoms with van der Waals surface area (Å²) >= 11 is 7.48. The predicted octanol–water partition coefficient (Wildman–Crippen LogP) is 4.25. The molecular weight excluding hydrogens is 340 g/mol. The van der Waals surface area contributed by atoms with Crippen LogP contribution in [0.2, 0.25) is 5.02 Å². The normalized spacial score (nSPS) is 13.5. The third-order valence-corrected chi connectivity index (χ3v) is 5.73. The third kappa shape index (κ3) is 2.62. The quantitative estimate of drug-likeness (QED) is 0.643. The van der Waals surface area contributed by atoms with Crippen LogP contribution in [0.15, 0.2) is 53.5 Å². The van der Waals surface area contributed by atoms with Gasteiger partial charge in [-0.1, -0.05) is 35.9 Å². The molecule has 1 amide bonds. The van der Waals surface area contributed by atoms with Gasteiger partial charge in [-0.25, -0.2) is 0 Å². The molecule has 0 saturated heterocycles. The van der Waals surface area contributed by atoms with E-state index >= 15 is 0 Å². The number of carbonyl (C=O) groups is 1. The average molecular weight is 355 g/mol. The van der Waals surface area contributed by atoms with Gasteiger partial charge in [-0.15, -0.1) is 11.3 Å². The van der Waals surface area contributed by atoms with Crippen LogP contribution in [-0.4, -0.2) is 10.5 Å². The number of hydrogen-bond donors (Lipinski definition) is 0. The largest absolute Gasteiger partial charge is 0.319 e. The first kappa shape index (κ1) is 15.4. The Balaban J connectivity index is 1.80. The minimum Gasteiger partial charge on any atom is -0.319 e. The van der Waals surface area contributed by atoms with Crippen molar-refractivity contribution >= 4 is 28.8 Å². The van der Waals surface area contributed by atoms with Gasteiger partial charge >= 0.3 is 0 Å². The fourth-order valence-corrected chi connectivity index (χ4v) is 4.32. The summed E-state index contributed by atoms with van der Waals surface area (Å²) in [7, 11) is 1.98. The molecule has 1 aliphatic carbocycles. The standard InChI is InChI=1S/C19H15ClN2OS/c1-22-17-15-5-3-2-4-12(15)8-11-16(17)24-19(22)21-18(23)13-6-9-14(20)10-7-13/h2-7,9-10H,8,11H2,1H3. The van der Waals surface area contributed by atoms with E-state index in [1.54, 1.807) is 35.6 Å². The lowest BCUT2D eigenvalue weighted by Crippen LogP contribution is -2.15. The first-order valence-corrected chi connectivity index (χ1v) is 8.94. The van der Waals surface area contributed by atoms with Gasteiger partial charge in [-0.3, -0.25) is 4.79 Å². The van der Waals surface area contributed by atoms with E-state index < -0.39 is 0 Å². The summed E-state index contributed by atoms with van der Waals surface area (Å²) in [5.41, 5.74) is 4.34. The van der Waals surface area contributed by atoms with Crippen molar-refractivity contribution in [1.82, 2.24) is 4.57 Å². The van der Waals surface area contributed by atoms with Crippen molar-refractivity contribution in [1.29, 1.82) is 0 Å². The van der Waals surface area contributed by atoms with Crippen LogP contribution in [-0.2, 0) is 19.9 Å². The Hall–Kier alpha value is -2.17. The van der Waals surface area contributed by atoms with E-state index in [0.29, 0.717) is 10.6 Å². The van der Waals surface area contributed by atoms with Crippen molar-refractivity contribution in [3.05, 3.63) is 74.4 Å². The number of halogens is 1. The number of nitrogens with zero attached hydrogens (tertiary/aromatic N) is 2. The topological polar surface area (TPSA) is 34.4 Å². The minimum absolute atomic E-state index is 0.242. The first-order valence-electron chi connectivity index (χ1n) is 7.75. The van der Waals surface area contributed by atoms with Crippen molar-refractivity contribution in [3.63, 3.8) is 0 Å². The molecule has 0 saturated carbocycles. The maximum absolute atomic E-state index is 12.4. The summed E-state index contributed by atoms with van der Waals surface area (Å²) in [6, 6.07) is 15.3. The number of hydrogen-bond acceptors (Lipinski definition) is 2. The zero-order valence-electron chi connectivity index (χ0n) is 13.1. The predicted molar refractivity (Wildman–Crippen MR) is 97.5 cm³/mol. The smallest absolute Gasteiger partial charge is 0.279 e. The molecule has 1 aliphatic rings. The number of carbonyl (C=O) groups excluding carboxylic acids is 1. The van der Waals surface area contributed by atoms with Crippen LogP contribution in [0.25, 0.3) is 11.3 Å². The molecule has 0 spiro atoms. The molecule has 0 atom stereocenters. The van der Waals surface area contributed by atoms with Gasteiger partial charge in [0.25, 0.3) is 5.91 Å². The van der Waals surface area contributed by atoms with E-state index in [2.05, 4.69) is 29.3 Å². The number of fused-ring (bicyclic) bond motifs is 3. The van der Waals surface area contributed by atoms with E-state index in [4.69, 9.17) is 11.6 Å². The second-order valence-corrected chi connectivity index (χ2v) is 7.29. The van der Waals surface area contributed by atoms with Crippen LogP contribution < -0.4 is 4.80 Å². The highest BCUT2D eigenvalue weighted by Gasteiger charge is 2.21. The van der Waals surface area contributed by atoms with E-state index in [1.165, 1.54) is 21.7 Å². The molecule has 0 bridgehead atoms. The van der Waals surface area contributed by atoms with Crippen LogP contribution in [0.5, 0.6) is 0 Å². The second-order valence-electron chi connectivity index (χ2n) is 5.80. The van der Waals surface area contributed by atoms with Gasteiger partial charge in [0.15, 0.2) is 4.80 Å². The molecule has 5 heteroatoms. The molecule has 0 N–H and O–H groups in total. The van der Waals surface area contributed by atoms with Crippen molar-refractivity contribution in [2.75, 3.05) is 0 Å². The lowest BCUT2D eigenvalue weighted by molar-refractivity contribution is 0.0998. The van der Waals surface area contributed by atoms with Crippen molar-refractivity contribution in [3.8, 4) is 11.3 Å². The number of amides is 1. The van der Waals surface area contributed by atoms with Gasteiger partial charge < -0.3 is 4.57 Å². The molecule has 0 unspecified atom stereocenters. The van der Waals surface area contributed by atoms with Crippen molar-refractivity contribution in [2.24, 2.45) is 12.0 Å². The Kier molecular flexibility index (Phi) is 3.87. The molecule has 0 aliphatic heterocycles. The van der Waals surface area contributed by atoms with Gasteiger partial charge in [0, 0.05) is 28.1 Å². The van der Waals surface area contributed by atoms with E-state index in [0.717, 1.165) is 17.6 Å². The van der Waals surface area contributed by atoms with Gasteiger partial charge in [0.1, 0.15) is 0 Å². The lowest BCUT2D eigenvalue weighted by Gasteiger charge is -2.16. The highest BCUT2D eigenvalue weighted by Crippen LogP contribution is 2.34. The fraction of sp³-hybridized carbons (Fsp3) is 0.158. The molecular formula is C19H15ClN2OS. The number of benzene rings is 2. The SMILES string of the molecule is Cn1c2c(sc1=NC(=O)c1ccc(Cl)cc1)CCc1ccccc1-2. The summed E-state index contributed by atoms with van der Waals surface area (Å²) < 4.78 is 2.03. The van der Waals surface area contributed by atoms with Crippen LogP contribution >= 0.6 is 22.9 Å². The van der Waals surface area contributed by atoms with E-state index in [9.17, 15) is 4.79 Å². The summed E-state index contributed by atoms with van der Waals surface area (Å²) in [6.07, 6.45) is 2.03. The number of rotatable bonds is 1. The van der Waals surface area contributed by atoms with Gasteiger partial charge in [-0.05, 0) is 42.7 Å². The zero-order chi connectivity index (χ0) is 16.7. The van der Waals surface area contributed by atoms with Crippen molar-refractivity contribution < 1.29 is 4.79 Å². The van der Waals surface area contributed by atoms with Crippen LogP contribution in [0, 0.1) is 0 Å². The number of thiazole rings is 1. The van der Waals surface area contributed by atoms with Gasteiger partial charge in [0.05, 0.1) is 5.69 Å². The van der Waals surface area contributed by atoms with Gasteiger partial charge in [0.2, 0.25) is 0 Å². The minimum atomic E-state index is -0.242. The van der Waals surface area contributed by atoms with E-state index in [-0.39, 0.29) is 5.91 Å². The second kappa shape index (κ2) is 6.04. The average Bonchev–Trinajstić information content (AvgIpc) is 2.92. The molecule has 4 rings (SSSR count). The Morgan fingerprint density at radius 2 is 1.88 bits per heavy atom. The number of aromatic nitrogens is 1. The summed E-state index contributed by atoms with van der Waals surface area (Å²) in [5.74, 6) is -0.242. The molecule has 1 heterocycles. The Bertz CT molecular complexity index is 999. The van der Waals surface area contributed by atoms with Crippen LogP contribution in [0.4, 0.5) is 0 Å². The lowest BCUT2D eigenvalue weighted by atomic mass is 9.93. The number of aryl methyl sites for hydroxylation is 2. The van der Waals surface area contributed by atoms with E-state index in [1.807, 2.05) is 11.6 Å². The molecule has 0 fully saturated rings. The molecule has 3 aromatic rings. The fourth-order valence-electron chi connectivity index (χ4n) is 3.07. The van der Waals surface area contributed by atoms with Crippen molar-refractivity contribution in [2.45, 2.75) is 12.8 Å².